The normalized spacial score (nSPS) is 14.2. The van der Waals surface area contributed by atoms with Gasteiger partial charge in [-0.15, -0.1) is 0 Å². The Morgan fingerprint density at radius 1 is 1.10 bits per heavy atom. The molecule has 0 radical (unpaired) electrons. The van der Waals surface area contributed by atoms with E-state index in [1.807, 2.05) is 13.0 Å². The first-order valence-corrected chi connectivity index (χ1v) is 12.3. The third-order valence-electron chi connectivity index (χ3n) is 6.94. The quantitative estimate of drug-likeness (QED) is 0.349. The van der Waals surface area contributed by atoms with Gasteiger partial charge in [0.2, 0.25) is 0 Å². The number of aromatic nitrogens is 3. The summed E-state index contributed by atoms with van der Waals surface area (Å²) in [7, 11) is 1.33. The van der Waals surface area contributed by atoms with Crippen molar-refractivity contribution in [1.82, 2.24) is 25.2 Å². The van der Waals surface area contributed by atoms with E-state index in [-0.39, 0.29) is 41.2 Å². The molecule has 2 N–H and O–H groups in total. The molecule has 1 unspecified atom stereocenters. The summed E-state index contributed by atoms with van der Waals surface area (Å²) in [4.78, 5) is 42.3. The lowest BCUT2D eigenvalue weighted by Crippen LogP contribution is -2.30. The summed E-state index contributed by atoms with van der Waals surface area (Å²) >= 11 is 0. The van der Waals surface area contributed by atoms with Crippen molar-refractivity contribution in [3.05, 3.63) is 93.4 Å². The maximum atomic E-state index is 14.5. The summed E-state index contributed by atoms with van der Waals surface area (Å²) in [5.74, 6) is -2.54. The van der Waals surface area contributed by atoms with Crippen LogP contribution in [0.5, 0.6) is 5.75 Å². The van der Waals surface area contributed by atoms with Crippen LogP contribution < -0.4 is 15.4 Å². The highest BCUT2D eigenvalue weighted by molar-refractivity contribution is 5.99. The number of rotatable bonds is 7. The number of benzene rings is 2. The number of ketones is 1. The number of carbonyl (C=O) groups excluding carboxylic acids is 3. The lowest BCUT2D eigenvalue weighted by Gasteiger charge is -2.16. The summed E-state index contributed by atoms with van der Waals surface area (Å²) in [6, 6.07) is 8.67. The number of fused-ring (bicyclic) bond motifs is 2. The van der Waals surface area contributed by atoms with Gasteiger partial charge in [-0.25, -0.2) is 18.3 Å². The monoisotopic (exact) mass is 533 g/mol. The van der Waals surface area contributed by atoms with Gasteiger partial charge in [-0.3, -0.25) is 14.4 Å². The van der Waals surface area contributed by atoms with E-state index in [4.69, 9.17) is 4.74 Å². The molecule has 9 nitrogen and oxygen atoms in total. The molecule has 4 aromatic rings. The number of amides is 2. The Kier molecular flexibility index (Phi) is 6.81. The van der Waals surface area contributed by atoms with Crippen molar-refractivity contribution in [1.29, 1.82) is 0 Å². The zero-order valence-electron chi connectivity index (χ0n) is 21.5. The molecule has 0 aliphatic heterocycles. The van der Waals surface area contributed by atoms with Crippen molar-refractivity contribution < 1.29 is 27.9 Å². The number of nitrogens with zero attached hydrogens (tertiary/aromatic N) is 3. The minimum Gasteiger partial charge on any atom is -0.494 e. The van der Waals surface area contributed by atoms with E-state index in [0.29, 0.717) is 24.0 Å². The zero-order valence-corrected chi connectivity index (χ0v) is 21.5. The maximum absolute atomic E-state index is 14.5. The Labute approximate surface area is 222 Å². The minimum atomic E-state index is -0.791. The molecule has 200 valence electrons. The molecule has 39 heavy (non-hydrogen) atoms. The van der Waals surface area contributed by atoms with E-state index < -0.39 is 23.4 Å². The number of hydrogen-bond acceptors (Lipinski definition) is 6. The Balaban J connectivity index is 1.40. The Morgan fingerprint density at radius 2 is 1.90 bits per heavy atom. The van der Waals surface area contributed by atoms with Gasteiger partial charge in [0, 0.05) is 18.2 Å². The second-order valence-corrected chi connectivity index (χ2v) is 9.33. The van der Waals surface area contributed by atoms with Crippen molar-refractivity contribution >= 4 is 23.2 Å². The van der Waals surface area contributed by atoms with E-state index in [1.165, 1.54) is 38.3 Å². The van der Waals surface area contributed by atoms with Gasteiger partial charge in [0.15, 0.2) is 28.8 Å². The van der Waals surface area contributed by atoms with Gasteiger partial charge >= 0.3 is 0 Å². The molecular weight excluding hydrogens is 508 g/mol. The maximum Gasteiger partial charge on any atom is 0.270 e. The third-order valence-corrected chi connectivity index (χ3v) is 6.94. The van der Waals surface area contributed by atoms with Gasteiger partial charge in [0.25, 0.3) is 11.8 Å². The van der Waals surface area contributed by atoms with Gasteiger partial charge in [-0.2, -0.15) is 5.10 Å². The third kappa shape index (κ3) is 4.83. The van der Waals surface area contributed by atoms with Crippen molar-refractivity contribution in [3.8, 4) is 5.75 Å². The largest absolute Gasteiger partial charge is 0.494 e. The first-order valence-electron chi connectivity index (χ1n) is 12.3. The van der Waals surface area contributed by atoms with Crippen LogP contribution in [-0.2, 0) is 13.0 Å². The predicted molar refractivity (Wildman–Crippen MR) is 137 cm³/mol. The van der Waals surface area contributed by atoms with Crippen LogP contribution in [0, 0.1) is 18.6 Å². The number of carbonyl (C=O) groups is 3. The topological polar surface area (TPSA) is 115 Å². The van der Waals surface area contributed by atoms with Gasteiger partial charge in [-0.05, 0) is 61.1 Å². The van der Waals surface area contributed by atoms with Gasteiger partial charge in [0.1, 0.15) is 11.4 Å². The van der Waals surface area contributed by atoms with E-state index in [1.54, 1.807) is 6.07 Å². The Hall–Kier alpha value is -4.67. The fourth-order valence-electron chi connectivity index (χ4n) is 4.94. The summed E-state index contributed by atoms with van der Waals surface area (Å²) < 4.78 is 34.2. The number of halogens is 2. The molecule has 2 aromatic heterocycles. The molecule has 11 heteroatoms. The first kappa shape index (κ1) is 26.0. The second kappa shape index (κ2) is 10.2. The van der Waals surface area contributed by atoms with Crippen LogP contribution in [0.1, 0.15) is 73.0 Å². The average Bonchev–Trinajstić information content (AvgIpc) is 3.51. The van der Waals surface area contributed by atoms with Crippen molar-refractivity contribution in [2.75, 3.05) is 7.11 Å². The number of Topliss-reactive ketones (excluding diaryl/α,β-unsaturated/α-hetero) is 1. The van der Waals surface area contributed by atoms with Crippen LogP contribution >= 0.6 is 0 Å². The number of methoxy groups -OCH3 is 1. The van der Waals surface area contributed by atoms with Crippen LogP contribution in [-0.4, -0.2) is 39.3 Å². The lowest BCUT2D eigenvalue weighted by molar-refractivity contribution is 0.0927. The van der Waals surface area contributed by atoms with Crippen LogP contribution in [0.4, 0.5) is 8.78 Å². The zero-order chi connectivity index (χ0) is 27.8. The molecule has 1 aliphatic rings. The molecule has 0 spiro atoms. The molecular formula is C28H25F2N5O4. The molecule has 5 rings (SSSR count). The summed E-state index contributed by atoms with van der Waals surface area (Å²) in [6.07, 6.45) is 2.24. The molecule has 0 fully saturated rings. The van der Waals surface area contributed by atoms with Gasteiger partial charge in [-0.1, -0.05) is 18.2 Å². The highest BCUT2D eigenvalue weighted by Gasteiger charge is 2.29. The molecule has 0 saturated heterocycles. The Morgan fingerprint density at radius 3 is 2.64 bits per heavy atom. The molecule has 2 amide bonds. The summed E-state index contributed by atoms with van der Waals surface area (Å²) in [5, 5.41) is 9.52. The molecule has 0 bridgehead atoms. The van der Waals surface area contributed by atoms with Crippen molar-refractivity contribution in [2.45, 2.75) is 39.3 Å². The first-order chi connectivity index (χ1) is 18.7. The van der Waals surface area contributed by atoms with Crippen LogP contribution in [0.3, 0.4) is 0 Å². The second-order valence-electron chi connectivity index (χ2n) is 9.33. The highest BCUT2D eigenvalue weighted by Crippen LogP contribution is 2.35. The predicted octanol–water partition coefficient (Wildman–Crippen LogP) is 3.87. The van der Waals surface area contributed by atoms with E-state index >= 15 is 0 Å². The van der Waals surface area contributed by atoms with Crippen molar-refractivity contribution in [3.63, 3.8) is 0 Å². The fourth-order valence-corrected chi connectivity index (χ4v) is 4.94. The SMILES string of the molecule is COc1cc(CNC(=O)c2cc(C(=O)NC3CCc4c3ccc(C(C)=O)c4C)n3ncc(F)c3n2)ccc1F. The molecule has 2 aromatic carbocycles. The number of nitrogens with one attached hydrogen (secondary N) is 2. The number of ether oxygens (including phenoxy) is 1. The van der Waals surface area contributed by atoms with Gasteiger partial charge in [0.05, 0.1) is 19.3 Å². The van der Waals surface area contributed by atoms with Crippen molar-refractivity contribution in [2.24, 2.45) is 0 Å². The van der Waals surface area contributed by atoms with Crippen LogP contribution in [0.15, 0.2) is 42.6 Å². The number of hydrogen-bond donors (Lipinski definition) is 2. The molecule has 1 atom stereocenters. The highest BCUT2D eigenvalue weighted by atomic mass is 19.1. The molecule has 0 saturated carbocycles. The minimum absolute atomic E-state index is 0.0199. The fraction of sp³-hybridized carbons (Fsp3) is 0.250. The lowest BCUT2D eigenvalue weighted by atomic mass is 9.96. The molecule has 1 aliphatic carbocycles. The molecule has 2 heterocycles. The summed E-state index contributed by atoms with van der Waals surface area (Å²) in [5.41, 5.74) is 3.53. The standard InChI is InChI=1S/C28H25F2N5O4/c1-14-17(15(2)36)5-6-19-18(14)7-9-22(19)34-28(38)24-11-23(33-26-21(30)13-32-35(24)26)27(37)31-12-16-4-8-20(29)25(10-16)39-3/h4-6,8,10-11,13,22H,7,9,12H2,1-3H3,(H,31,37)(H,34,38). The van der Waals surface area contributed by atoms with Crippen LogP contribution in [0.2, 0.25) is 0 Å². The average molecular weight is 534 g/mol. The van der Waals surface area contributed by atoms with Crippen LogP contribution in [0.25, 0.3) is 5.65 Å². The van der Waals surface area contributed by atoms with E-state index in [9.17, 15) is 23.2 Å². The Bertz CT molecular complexity index is 1650. The van der Waals surface area contributed by atoms with Gasteiger partial charge < -0.3 is 15.4 Å². The van der Waals surface area contributed by atoms with E-state index in [0.717, 1.165) is 27.4 Å². The smallest absolute Gasteiger partial charge is 0.270 e. The summed E-state index contributed by atoms with van der Waals surface area (Å²) in [6.45, 7) is 3.43. The van der Waals surface area contributed by atoms with E-state index in [2.05, 4.69) is 20.7 Å².